The van der Waals surface area contributed by atoms with Crippen molar-refractivity contribution in [2.45, 2.75) is 238 Å². The summed E-state index contributed by atoms with van der Waals surface area (Å²) in [6, 6.07) is 0. The summed E-state index contributed by atoms with van der Waals surface area (Å²) in [6.45, 7) is 1.79. The molecule has 0 radical (unpaired) electrons. The van der Waals surface area contributed by atoms with Gasteiger partial charge < -0.3 is 25.5 Å². The fourth-order valence-electron chi connectivity index (χ4n) is 7.94. The third-order valence-electron chi connectivity index (χ3n) is 12.0. The number of carboxylic acids is 2. The summed E-state index contributed by atoms with van der Waals surface area (Å²) in [5.41, 5.74) is -1.09. The molecule has 0 amide bonds. The Balaban J connectivity index is 3.91. The highest BCUT2D eigenvalue weighted by molar-refractivity contribution is 5.66. The van der Waals surface area contributed by atoms with Crippen LogP contribution in [0, 0.1) is 10.8 Å². The molecular formula is C46H88O7. The Morgan fingerprint density at radius 1 is 0.377 bits per heavy atom. The molecule has 1 unspecified atom stereocenters. The van der Waals surface area contributed by atoms with Crippen LogP contribution in [0.15, 0.2) is 12.2 Å². The van der Waals surface area contributed by atoms with Crippen LogP contribution in [0.5, 0.6) is 0 Å². The second-order valence-corrected chi connectivity index (χ2v) is 16.8. The van der Waals surface area contributed by atoms with E-state index in [1.54, 1.807) is 0 Å². The molecule has 0 aromatic rings. The van der Waals surface area contributed by atoms with Crippen LogP contribution >= 0.6 is 0 Å². The lowest BCUT2D eigenvalue weighted by Gasteiger charge is -2.46. The van der Waals surface area contributed by atoms with E-state index < -0.39 is 22.8 Å². The Morgan fingerprint density at radius 2 is 0.623 bits per heavy atom. The van der Waals surface area contributed by atoms with E-state index in [2.05, 4.69) is 12.2 Å². The van der Waals surface area contributed by atoms with Gasteiger partial charge in [-0.1, -0.05) is 186 Å². The van der Waals surface area contributed by atoms with Crippen LogP contribution < -0.4 is 0 Å². The number of rotatable bonds is 43. The first-order valence-corrected chi connectivity index (χ1v) is 22.7. The van der Waals surface area contributed by atoms with Crippen molar-refractivity contribution in [1.29, 1.82) is 0 Å². The third kappa shape index (κ3) is 30.5. The molecule has 1 atom stereocenters. The summed E-state index contributed by atoms with van der Waals surface area (Å²) in [5.74, 6) is -1.36. The van der Waals surface area contributed by atoms with Gasteiger partial charge in [-0.25, -0.2) is 0 Å². The Hall–Kier alpha value is -1.44. The minimum absolute atomic E-state index is 0.0270. The fourth-order valence-corrected chi connectivity index (χ4v) is 7.94. The van der Waals surface area contributed by atoms with Gasteiger partial charge in [0.05, 0.1) is 13.2 Å². The monoisotopic (exact) mass is 753 g/mol. The number of unbranched alkanes of at least 4 members (excludes halogenated alkanes) is 29. The normalized spacial score (nSPS) is 13.2. The van der Waals surface area contributed by atoms with Crippen LogP contribution in [0.1, 0.15) is 238 Å². The SMILES string of the molecule is CC(CO)(CO)C(CO)(CCCCCCCC/C=C\CCCCCCCC(=O)O)CCCCCCCCCCCCCCCCCCCCCC(=O)O. The molecule has 7 nitrogen and oxygen atoms in total. The van der Waals surface area contributed by atoms with Gasteiger partial charge in [-0.05, 0) is 51.4 Å². The van der Waals surface area contributed by atoms with Gasteiger partial charge >= 0.3 is 11.9 Å². The molecule has 53 heavy (non-hydrogen) atoms. The summed E-state index contributed by atoms with van der Waals surface area (Å²) in [6.07, 6.45) is 45.4. The van der Waals surface area contributed by atoms with Gasteiger partial charge in [0.2, 0.25) is 0 Å². The van der Waals surface area contributed by atoms with E-state index in [1.807, 2.05) is 6.92 Å². The molecular weight excluding hydrogens is 664 g/mol. The van der Waals surface area contributed by atoms with Gasteiger partial charge in [0, 0.05) is 30.3 Å². The molecule has 0 bridgehead atoms. The molecule has 5 N–H and O–H groups in total. The fraction of sp³-hybridized carbons (Fsp3) is 0.913. The van der Waals surface area contributed by atoms with Crippen molar-refractivity contribution in [3.63, 3.8) is 0 Å². The maximum absolute atomic E-state index is 10.6. The number of carbonyl (C=O) groups is 2. The number of aliphatic hydroxyl groups is 3. The summed E-state index contributed by atoms with van der Waals surface area (Å²) < 4.78 is 0. The van der Waals surface area contributed by atoms with E-state index in [0.29, 0.717) is 12.8 Å². The van der Waals surface area contributed by atoms with Crippen molar-refractivity contribution < 1.29 is 35.1 Å². The number of allylic oxidation sites excluding steroid dienone is 2. The van der Waals surface area contributed by atoms with E-state index in [-0.39, 0.29) is 19.8 Å². The molecule has 0 aliphatic rings. The summed E-state index contributed by atoms with van der Waals surface area (Å²) >= 11 is 0. The maximum atomic E-state index is 10.6. The van der Waals surface area contributed by atoms with E-state index in [4.69, 9.17) is 10.2 Å². The van der Waals surface area contributed by atoms with Gasteiger partial charge in [0.25, 0.3) is 0 Å². The number of aliphatic hydroxyl groups excluding tert-OH is 3. The first kappa shape index (κ1) is 51.6. The van der Waals surface area contributed by atoms with Crippen molar-refractivity contribution in [3.8, 4) is 0 Å². The zero-order valence-electron chi connectivity index (χ0n) is 34.8. The standard InChI is InChI=1S/C46H88O7/c1-45(40-47,41-48)46(42-49,39-35-31-27-23-19-15-11-7-9-13-17-21-25-29-33-37-44(52)53)38-34-30-26-22-18-14-10-6-4-2-3-5-8-12-16-20-24-28-32-36-43(50)51/h7,9,47-49H,2-6,8,10-42H2,1H3,(H,50,51)(H,52,53)/b9-7-. The quantitative estimate of drug-likeness (QED) is 0.0309. The average Bonchev–Trinajstić information content (AvgIpc) is 3.15. The van der Waals surface area contributed by atoms with Gasteiger partial charge in [-0.2, -0.15) is 0 Å². The molecule has 0 aromatic carbocycles. The lowest BCUT2D eigenvalue weighted by atomic mass is 9.60. The average molecular weight is 753 g/mol. The first-order chi connectivity index (χ1) is 25.8. The predicted octanol–water partition coefficient (Wildman–Crippen LogP) is 12.7. The molecule has 0 rings (SSSR count). The zero-order valence-corrected chi connectivity index (χ0v) is 34.8. The van der Waals surface area contributed by atoms with E-state index in [1.165, 1.54) is 135 Å². The van der Waals surface area contributed by atoms with E-state index >= 15 is 0 Å². The Kier molecular flexibility index (Phi) is 36.5. The maximum Gasteiger partial charge on any atom is 0.303 e. The van der Waals surface area contributed by atoms with Crippen LogP contribution in [-0.2, 0) is 9.59 Å². The number of carboxylic acid groups (broad SMARTS) is 2. The number of aliphatic carboxylic acids is 2. The Morgan fingerprint density at radius 3 is 0.868 bits per heavy atom. The van der Waals surface area contributed by atoms with Gasteiger partial charge in [0.15, 0.2) is 0 Å². The molecule has 0 saturated heterocycles. The van der Waals surface area contributed by atoms with Crippen LogP contribution in [-0.4, -0.2) is 57.3 Å². The van der Waals surface area contributed by atoms with Crippen LogP contribution in [0.4, 0.5) is 0 Å². The van der Waals surface area contributed by atoms with Crippen molar-refractivity contribution in [2.75, 3.05) is 19.8 Å². The summed E-state index contributed by atoms with van der Waals surface area (Å²) in [5, 5.41) is 48.5. The smallest absolute Gasteiger partial charge is 0.303 e. The van der Waals surface area contributed by atoms with Gasteiger partial charge in [-0.15, -0.1) is 0 Å². The molecule has 0 saturated carbocycles. The summed E-state index contributed by atoms with van der Waals surface area (Å²) in [4.78, 5) is 21.1. The minimum Gasteiger partial charge on any atom is -0.481 e. The second kappa shape index (κ2) is 37.5. The lowest BCUT2D eigenvalue weighted by Crippen LogP contribution is -2.48. The molecule has 0 aliphatic heterocycles. The second-order valence-electron chi connectivity index (χ2n) is 16.8. The van der Waals surface area contributed by atoms with Crippen molar-refractivity contribution in [1.82, 2.24) is 0 Å². The largest absolute Gasteiger partial charge is 0.481 e. The molecule has 7 heteroatoms. The van der Waals surface area contributed by atoms with Gasteiger partial charge in [-0.3, -0.25) is 9.59 Å². The molecule has 0 fully saturated rings. The number of hydrogen-bond acceptors (Lipinski definition) is 5. The van der Waals surface area contributed by atoms with Crippen LogP contribution in [0.3, 0.4) is 0 Å². The highest BCUT2D eigenvalue weighted by atomic mass is 16.4. The van der Waals surface area contributed by atoms with Crippen LogP contribution in [0.2, 0.25) is 0 Å². The van der Waals surface area contributed by atoms with Crippen molar-refractivity contribution in [3.05, 3.63) is 12.2 Å². The Bertz CT molecular complexity index is 840. The predicted molar refractivity (Wildman–Crippen MR) is 222 cm³/mol. The minimum atomic E-state index is -0.689. The topological polar surface area (TPSA) is 135 Å². The van der Waals surface area contributed by atoms with Crippen LogP contribution in [0.25, 0.3) is 0 Å². The van der Waals surface area contributed by atoms with Crippen molar-refractivity contribution in [2.24, 2.45) is 10.8 Å². The van der Waals surface area contributed by atoms with E-state index in [9.17, 15) is 24.9 Å². The highest BCUT2D eigenvalue weighted by Gasteiger charge is 2.46. The molecule has 0 heterocycles. The zero-order chi connectivity index (χ0) is 39.1. The third-order valence-corrected chi connectivity index (χ3v) is 12.0. The molecule has 314 valence electrons. The molecule has 0 aliphatic carbocycles. The summed E-state index contributed by atoms with van der Waals surface area (Å²) in [7, 11) is 0. The first-order valence-electron chi connectivity index (χ1n) is 22.7. The number of hydrogen-bond donors (Lipinski definition) is 5. The van der Waals surface area contributed by atoms with E-state index in [0.717, 1.165) is 83.5 Å². The molecule has 0 aromatic heterocycles. The Labute approximate surface area is 327 Å². The highest BCUT2D eigenvalue weighted by Crippen LogP contribution is 2.47. The lowest BCUT2D eigenvalue weighted by molar-refractivity contribution is -0.138. The van der Waals surface area contributed by atoms with Gasteiger partial charge in [0.1, 0.15) is 0 Å². The molecule has 0 spiro atoms. The van der Waals surface area contributed by atoms with Crippen molar-refractivity contribution >= 4 is 11.9 Å².